The highest BCUT2D eigenvalue weighted by atomic mass is 16.5. The molecular formula is C9H18N2O. The maximum absolute atomic E-state index is 5.44. The summed E-state index contributed by atoms with van der Waals surface area (Å²) in [5.74, 6) is 0.721. The molecule has 0 bridgehead atoms. The molecule has 1 rings (SSSR count). The zero-order valence-electron chi connectivity index (χ0n) is 8.13. The second-order valence-electron chi connectivity index (χ2n) is 4.17. The molecule has 0 fully saturated rings. The first-order valence-corrected chi connectivity index (χ1v) is 4.50. The zero-order valence-corrected chi connectivity index (χ0v) is 8.13. The van der Waals surface area contributed by atoms with Gasteiger partial charge in [-0.05, 0) is 25.7 Å². The standard InChI is InChI=1S/C9H18N2O/c1-7(2)4-5-9(3)6-12-8(10)11-9/h7H,4-6H2,1-3H3,(H2,10,11). The highest BCUT2D eigenvalue weighted by Crippen LogP contribution is 2.24. The molecule has 2 N–H and O–H groups in total. The van der Waals surface area contributed by atoms with Crippen LogP contribution in [-0.2, 0) is 4.74 Å². The van der Waals surface area contributed by atoms with E-state index in [1.54, 1.807) is 0 Å². The van der Waals surface area contributed by atoms with E-state index in [2.05, 4.69) is 25.8 Å². The average molecular weight is 170 g/mol. The van der Waals surface area contributed by atoms with Gasteiger partial charge in [0.05, 0.1) is 5.54 Å². The van der Waals surface area contributed by atoms with Crippen molar-refractivity contribution in [3.05, 3.63) is 0 Å². The first-order valence-electron chi connectivity index (χ1n) is 4.50. The summed E-state index contributed by atoms with van der Waals surface area (Å²) in [7, 11) is 0. The van der Waals surface area contributed by atoms with Crippen LogP contribution in [0, 0.1) is 5.92 Å². The Kier molecular flexibility index (Phi) is 2.60. The van der Waals surface area contributed by atoms with Crippen molar-refractivity contribution < 1.29 is 4.74 Å². The van der Waals surface area contributed by atoms with Crippen molar-refractivity contribution in [2.24, 2.45) is 16.6 Å². The quantitative estimate of drug-likeness (QED) is 0.698. The topological polar surface area (TPSA) is 47.6 Å². The van der Waals surface area contributed by atoms with Crippen LogP contribution in [0.1, 0.15) is 33.6 Å². The minimum Gasteiger partial charge on any atom is -0.463 e. The van der Waals surface area contributed by atoms with Crippen LogP contribution in [-0.4, -0.2) is 18.2 Å². The lowest BCUT2D eigenvalue weighted by Crippen LogP contribution is -2.24. The Labute approximate surface area is 74.0 Å². The monoisotopic (exact) mass is 170 g/mol. The molecule has 0 aliphatic carbocycles. The van der Waals surface area contributed by atoms with Gasteiger partial charge in [-0.15, -0.1) is 0 Å². The van der Waals surface area contributed by atoms with Crippen LogP contribution in [0.2, 0.25) is 0 Å². The molecule has 0 saturated carbocycles. The van der Waals surface area contributed by atoms with Crippen LogP contribution in [0.15, 0.2) is 4.99 Å². The predicted octanol–water partition coefficient (Wildman–Crippen LogP) is 1.53. The van der Waals surface area contributed by atoms with E-state index in [0.29, 0.717) is 12.6 Å². The smallest absolute Gasteiger partial charge is 0.282 e. The second-order valence-corrected chi connectivity index (χ2v) is 4.17. The number of amidine groups is 1. The average Bonchev–Trinajstić information content (AvgIpc) is 2.29. The Morgan fingerprint density at radius 3 is 2.75 bits per heavy atom. The third kappa shape index (κ3) is 2.40. The van der Waals surface area contributed by atoms with Crippen molar-refractivity contribution in [2.45, 2.75) is 39.2 Å². The molecule has 0 spiro atoms. The molecule has 0 radical (unpaired) electrons. The number of hydrogen-bond donors (Lipinski definition) is 1. The number of hydrogen-bond acceptors (Lipinski definition) is 3. The molecule has 0 aromatic rings. The van der Waals surface area contributed by atoms with Gasteiger partial charge in [-0.1, -0.05) is 13.8 Å². The molecule has 1 aliphatic heterocycles. The van der Waals surface area contributed by atoms with Crippen molar-refractivity contribution >= 4 is 6.02 Å². The Morgan fingerprint density at radius 2 is 2.33 bits per heavy atom. The van der Waals surface area contributed by atoms with Crippen LogP contribution >= 0.6 is 0 Å². The van der Waals surface area contributed by atoms with E-state index in [4.69, 9.17) is 10.5 Å². The van der Waals surface area contributed by atoms with Crippen molar-refractivity contribution in [1.82, 2.24) is 0 Å². The van der Waals surface area contributed by atoms with Gasteiger partial charge in [0, 0.05) is 0 Å². The fourth-order valence-corrected chi connectivity index (χ4v) is 1.29. The van der Waals surface area contributed by atoms with E-state index in [0.717, 1.165) is 12.3 Å². The molecular weight excluding hydrogens is 152 g/mol. The molecule has 0 aromatic heterocycles. The van der Waals surface area contributed by atoms with Gasteiger partial charge in [0.1, 0.15) is 6.61 Å². The van der Waals surface area contributed by atoms with Gasteiger partial charge in [-0.25, -0.2) is 4.99 Å². The van der Waals surface area contributed by atoms with Crippen LogP contribution in [0.3, 0.4) is 0 Å². The molecule has 12 heavy (non-hydrogen) atoms. The Morgan fingerprint density at radius 1 is 1.67 bits per heavy atom. The largest absolute Gasteiger partial charge is 0.463 e. The molecule has 0 saturated heterocycles. The van der Waals surface area contributed by atoms with Crippen LogP contribution in [0.4, 0.5) is 0 Å². The lowest BCUT2D eigenvalue weighted by molar-refractivity contribution is 0.247. The minimum atomic E-state index is -0.0612. The molecule has 3 heteroatoms. The second kappa shape index (κ2) is 3.33. The Bertz CT molecular complexity index is 189. The third-order valence-electron chi connectivity index (χ3n) is 2.17. The maximum Gasteiger partial charge on any atom is 0.282 e. The predicted molar refractivity (Wildman–Crippen MR) is 50.1 cm³/mol. The van der Waals surface area contributed by atoms with Crippen molar-refractivity contribution in [3.8, 4) is 0 Å². The van der Waals surface area contributed by atoms with E-state index < -0.39 is 0 Å². The molecule has 1 aliphatic rings. The number of aliphatic imine (C=N–C) groups is 1. The first kappa shape index (κ1) is 9.36. The maximum atomic E-state index is 5.44. The van der Waals surface area contributed by atoms with Gasteiger partial charge in [0.15, 0.2) is 0 Å². The molecule has 3 nitrogen and oxygen atoms in total. The van der Waals surface area contributed by atoms with Gasteiger partial charge in [0.2, 0.25) is 0 Å². The van der Waals surface area contributed by atoms with Gasteiger partial charge in [0.25, 0.3) is 6.02 Å². The normalized spacial score (nSPS) is 28.8. The summed E-state index contributed by atoms with van der Waals surface area (Å²) in [5.41, 5.74) is 5.38. The summed E-state index contributed by atoms with van der Waals surface area (Å²) in [6.07, 6.45) is 2.24. The first-order chi connectivity index (χ1) is 5.52. The number of nitrogens with zero attached hydrogens (tertiary/aromatic N) is 1. The number of rotatable bonds is 3. The third-order valence-corrected chi connectivity index (χ3v) is 2.17. The molecule has 0 amide bonds. The summed E-state index contributed by atoms with van der Waals surface area (Å²) < 4.78 is 5.13. The summed E-state index contributed by atoms with van der Waals surface area (Å²) in [5, 5.41) is 0. The number of ether oxygens (including phenoxy) is 1. The minimum absolute atomic E-state index is 0.0612. The van der Waals surface area contributed by atoms with Gasteiger partial charge in [-0.3, -0.25) is 0 Å². The van der Waals surface area contributed by atoms with Crippen molar-refractivity contribution in [2.75, 3.05) is 6.61 Å². The Hall–Kier alpha value is -0.730. The molecule has 1 unspecified atom stereocenters. The van der Waals surface area contributed by atoms with Crippen LogP contribution in [0.5, 0.6) is 0 Å². The van der Waals surface area contributed by atoms with Gasteiger partial charge >= 0.3 is 0 Å². The van der Waals surface area contributed by atoms with Gasteiger partial charge < -0.3 is 10.5 Å². The Balaban J connectivity index is 2.40. The van der Waals surface area contributed by atoms with E-state index in [1.165, 1.54) is 6.42 Å². The number of nitrogens with two attached hydrogens (primary N) is 1. The molecule has 70 valence electrons. The summed E-state index contributed by atoms with van der Waals surface area (Å²) in [6.45, 7) is 7.17. The van der Waals surface area contributed by atoms with Crippen LogP contribution in [0.25, 0.3) is 0 Å². The summed E-state index contributed by atoms with van der Waals surface area (Å²) >= 11 is 0. The fraction of sp³-hybridized carbons (Fsp3) is 0.889. The lowest BCUT2D eigenvalue weighted by atomic mass is 9.94. The van der Waals surface area contributed by atoms with Crippen molar-refractivity contribution in [3.63, 3.8) is 0 Å². The molecule has 0 aromatic carbocycles. The summed E-state index contributed by atoms with van der Waals surface area (Å²) in [4.78, 5) is 4.26. The van der Waals surface area contributed by atoms with Crippen LogP contribution < -0.4 is 5.73 Å². The summed E-state index contributed by atoms with van der Waals surface area (Å²) in [6, 6.07) is 0.348. The SMILES string of the molecule is CC(C)CCC1(C)COC(N)=N1. The van der Waals surface area contributed by atoms with E-state index in [-0.39, 0.29) is 5.54 Å². The van der Waals surface area contributed by atoms with Crippen molar-refractivity contribution in [1.29, 1.82) is 0 Å². The lowest BCUT2D eigenvalue weighted by Gasteiger charge is -2.18. The highest BCUT2D eigenvalue weighted by Gasteiger charge is 2.30. The van der Waals surface area contributed by atoms with E-state index >= 15 is 0 Å². The fourth-order valence-electron chi connectivity index (χ4n) is 1.29. The molecule has 1 atom stereocenters. The zero-order chi connectivity index (χ0) is 9.19. The van der Waals surface area contributed by atoms with E-state index in [1.807, 2.05) is 0 Å². The van der Waals surface area contributed by atoms with Gasteiger partial charge in [-0.2, -0.15) is 0 Å². The molecule has 1 heterocycles. The van der Waals surface area contributed by atoms with E-state index in [9.17, 15) is 0 Å². The highest BCUT2D eigenvalue weighted by molar-refractivity contribution is 5.73.